The maximum atomic E-state index is 12.3. The van der Waals surface area contributed by atoms with Crippen LogP contribution in [0.3, 0.4) is 0 Å². The second kappa shape index (κ2) is 8.03. The van der Waals surface area contributed by atoms with E-state index in [2.05, 4.69) is 5.32 Å². The molecule has 0 radical (unpaired) electrons. The third kappa shape index (κ3) is 4.34. The van der Waals surface area contributed by atoms with Crippen molar-refractivity contribution < 1.29 is 19.5 Å². The molecule has 1 aliphatic rings. The Morgan fingerprint density at radius 3 is 2.70 bits per heavy atom. The fourth-order valence-corrected chi connectivity index (χ4v) is 3.21. The molecule has 2 N–H and O–H groups in total. The Kier molecular flexibility index (Phi) is 5.54. The first-order chi connectivity index (χ1) is 13.0. The molecule has 0 spiro atoms. The Balaban J connectivity index is 1.63. The molecule has 1 heterocycles. The van der Waals surface area contributed by atoms with Crippen molar-refractivity contribution in [3.63, 3.8) is 0 Å². The number of nitrogens with one attached hydrogen (secondary N) is 1. The van der Waals surface area contributed by atoms with Crippen LogP contribution in [0.25, 0.3) is 0 Å². The van der Waals surface area contributed by atoms with E-state index in [1.54, 1.807) is 36.1 Å². The molecule has 0 aliphatic carbocycles. The molecule has 2 aromatic carbocycles. The zero-order valence-corrected chi connectivity index (χ0v) is 15.1. The van der Waals surface area contributed by atoms with Gasteiger partial charge in [-0.25, -0.2) is 0 Å². The molecule has 2 aromatic rings. The number of fused-ring (bicyclic) bond motifs is 1. The molecule has 0 aromatic heterocycles. The average Bonchev–Trinajstić information content (AvgIpc) is 2.66. The van der Waals surface area contributed by atoms with Crippen LogP contribution < -0.4 is 10.2 Å². The maximum absolute atomic E-state index is 12.3. The van der Waals surface area contributed by atoms with Crippen molar-refractivity contribution in [2.45, 2.75) is 32.1 Å². The van der Waals surface area contributed by atoms with E-state index in [4.69, 9.17) is 5.11 Å². The number of rotatable bonds is 6. The molecule has 0 saturated heterocycles. The molecule has 3 rings (SSSR count). The number of aliphatic carboxylic acids is 1. The highest BCUT2D eigenvalue weighted by Gasteiger charge is 2.24. The summed E-state index contributed by atoms with van der Waals surface area (Å²) >= 11 is 0. The van der Waals surface area contributed by atoms with E-state index in [0.717, 1.165) is 17.7 Å². The number of aryl methyl sites for hydroxylation is 1. The van der Waals surface area contributed by atoms with E-state index in [9.17, 15) is 14.4 Å². The molecular weight excluding hydrogens is 344 g/mol. The van der Waals surface area contributed by atoms with Crippen molar-refractivity contribution in [1.29, 1.82) is 0 Å². The Hall–Kier alpha value is -3.15. The molecule has 2 amide bonds. The van der Waals surface area contributed by atoms with Crippen molar-refractivity contribution in [3.8, 4) is 0 Å². The molecule has 0 bridgehead atoms. The number of carboxylic acid groups (broad SMARTS) is 1. The van der Waals surface area contributed by atoms with Crippen LogP contribution in [0, 0.1) is 0 Å². The second-order valence-corrected chi connectivity index (χ2v) is 6.66. The van der Waals surface area contributed by atoms with Gasteiger partial charge in [0.1, 0.15) is 0 Å². The van der Waals surface area contributed by atoms with Gasteiger partial charge in [-0.3, -0.25) is 14.4 Å². The summed E-state index contributed by atoms with van der Waals surface area (Å²) in [5, 5.41) is 11.9. The predicted molar refractivity (Wildman–Crippen MR) is 103 cm³/mol. The quantitative estimate of drug-likeness (QED) is 0.822. The zero-order valence-electron chi connectivity index (χ0n) is 15.1. The number of carbonyl (C=O) groups is 3. The maximum Gasteiger partial charge on any atom is 0.310 e. The van der Waals surface area contributed by atoms with Crippen molar-refractivity contribution in [2.75, 3.05) is 16.8 Å². The summed E-state index contributed by atoms with van der Waals surface area (Å²) in [5.41, 5.74) is 3.17. The van der Waals surface area contributed by atoms with Gasteiger partial charge in [0.25, 0.3) is 0 Å². The van der Waals surface area contributed by atoms with Gasteiger partial charge in [0, 0.05) is 30.8 Å². The van der Waals surface area contributed by atoms with E-state index in [1.807, 2.05) is 24.3 Å². The summed E-state index contributed by atoms with van der Waals surface area (Å²) in [6.07, 6.45) is 1.35. The largest absolute Gasteiger partial charge is 0.481 e. The van der Waals surface area contributed by atoms with Gasteiger partial charge in [-0.15, -0.1) is 0 Å². The molecule has 6 nitrogen and oxygen atoms in total. The zero-order chi connectivity index (χ0) is 19.4. The molecule has 1 atom stereocenters. The monoisotopic (exact) mass is 366 g/mol. The Labute approximate surface area is 157 Å². The Morgan fingerprint density at radius 2 is 1.93 bits per heavy atom. The highest BCUT2D eigenvalue weighted by atomic mass is 16.4. The van der Waals surface area contributed by atoms with Crippen molar-refractivity contribution in [3.05, 3.63) is 59.7 Å². The molecule has 140 valence electrons. The second-order valence-electron chi connectivity index (χ2n) is 6.66. The number of carboxylic acids is 1. The highest BCUT2D eigenvalue weighted by molar-refractivity contribution is 5.98. The van der Waals surface area contributed by atoms with Crippen LogP contribution in [-0.4, -0.2) is 29.4 Å². The van der Waals surface area contributed by atoms with Gasteiger partial charge in [0.2, 0.25) is 11.8 Å². The van der Waals surface area contributed by atoms with E-state index in [0.29, 0.717) is 24.2 Å². The number of benzene rings is 2. The van der Waals surface area contributed by atoms with Gasteiger partial charge in [-0.1, -0.05) is 30.3 Å². The lowest BCUT2D eigenvalue weighted by Crippen LogP contribution is -2.37. The fraction of sp³-hybridized carbons (Fsp3) is 0.286. The van der Waals surface area contributed by atoms with Gasteiger partial charge >= 0.3 is 5.97 Å². The number of nitrogens with zero attached hydrogens (tertiary/aromatic N) is 1. The van der Waals surface area contributed by atoms with Crippen molar-refractivity contribution in [2.24, 2.45) is 0 Å². The molecule has 1 unspecified atom stereocenters. The Morgan fingerprint density at radius 1 is 1.15 bits per heavy atom. The van der Waals surface area contributed by atoms with Crippen molar-refractivity contribution in [1.82, 2.24) is 0 Å². The number of anilines is 2. The summed E-state index contributed by atoms with van der Waals surface area (Å²) < 4.78 is 0. The number of carbonyl (C=O) groups excluding carboxylic acids is 2. The molecule has 0 fully saturated rings. The summed E-state index contributed by atoms with van der Waals surface area (Å²) in [6, 6.07) is 14.6. The normalized spacial score (nSPS) is 14.4. The van der Waals surface area contributed by atoms with E-state index < -0.39 is 11.9 Å². The SMILES string of the molecule is CC(C(=O)O)c1cccc(NC(=O)CCN2C(=O)CCc3ccccc32)c1. The molecular formula is C21H22N2O4. The van der Waals surface area contributed by atoms with Gasteiger partial charge in [-0.05, 0) is 42.7 Å². The molecule has 6 heteroatoms. The lowest BCUT2D eigenvalue weighted by atomic mass is 10.0. The minimum Gasteiger partial charge on any atom is -0.481 e. The van der Waals surface area contributed by atoms with Gasteiger partial charge in [0.05, 0.1) is 5.92 Å². The lowest BCUT2D eigenvalue weighted by molar-refractivity contribution is -0.138. The average molecular weight is 366 g/mol. The van der Waals surface area contributed by atoms with Crippen LogP contribution >= 0.6 is 0 Å². The summed E-state index contributed by atoms with van der Waals surface area (Å²) in [7, 11) is 0. The fourth-order valence-electron chi connectivity index (χ4n) is 3.21. The number of hydrogen-bond donors (Lipinski definition) is 2. The third-order valence-corrected chi connectivity index (χ3v) is 4.79. The highest BCUT2D eigenvalue weighted by Crippen LogP contribution is 2.27. The summed E-state index contributed by atoms with van der Waals surface area (Å²) in [6.45, 7) is 1.91. The van der Waals surface area contributed by atoms with Crippen LogP contribution in [0.4, 0.5) is 11.4 Å². The van der Waals surface area contributed by atoms with Crippen LogP contribution in [0.15, 0.2) is 48.5 Å². The Bertz CT molecular complexity index is 878. The number of para-hydroxylation sites is 1. The lowest BCUT2D eigenvalue weighted by Gasteiger charge is -2.29. The van der Waals surface area contributed by atoms with Gasteiger partial charge < -0.3 is 15.3 Å². The van der Waals surface area contributed by atoms with Crippen molar-refractivity contribution >= 4 is 29.2 Å². The predicted octanol–water partition coefficient (Wildman–Crippen LogP) is 3.18. The van der Waals surface area contributed by atoms with Gasteiger partial charge in [0.15, 0.2) is 0 Å². The van der Waals surface area contributed by atoms with E-state index in [-0.39, 0.29) is 18.2 Å². The van der Waals surface area contributed by atoms with Gasteiger partial charge in [-0.2, -0.15) is 0 Å². The molecule has 0 saturated carbocycles. The van der Waals surface area contributed by atoms with Crippen LogP contribution in [0.1, 0.15) is 36.8 Å². The topological polar surface area (TPSA) is 86.7 Å². The minimum atomic E-state index is -0.916. The molecule has 27 heavy (non-hydrogen) atoms. The van der Waals surface area contributed by atoms with E-state index >= 15 is 0 Å². The van der Waals surface area contributed by atoms with Crippen LogP contribution in [0.2, 0.25) is 0 Å². The van der Waals surface area contributed by atoms with Crippen LogP contribution in [0.5, 0.6) is 0 Å². The summed E-state index contributed by atoms with van der Waals surface area (Å²) in [5.74, 6) is -1.75. The van der Waals surface area contributed by atoms with Crippen LogP contribution in [-0.2, 0) is 20.8 Å². The third-order valence-electron chi connectivity index (χ3n) is 4.79. The first kappa shape index (κ1) is 18.6. The molecule has 1 aliphatic heterocycles. The smallest absolute Gasteiger partial charge is 0.310 e. The first-order valence-electron chi connectivity index (χ1n) is 8.96. The summed E-state index contributed by atoms with van der Waals surface area (Å²) in [4.78, 5) is 37.4. The number of amides is 2. The first-order valence-corrected chi connectivity index (χ1v) is 8.96. The standard InChI is InChI=1S/C21H22N2O4/c1-14(21(26)27)16-6-4-7-17(13-16)22-19(24)11-12-23-18-8-3-2-5-15(18)9-10-20(23)25/h2-8,13-14H,9-12H2,1H3,(H,22,24)(H,26,27). The van der Waals surface area contributed by atoms with E-state index in [1.165, 1.54) is 0 Å². The minimum absolute atomic E-state index is 0.0266. The number of hydrogen-bond acceptors (Lipinski definition) is 3.